The number of hydrogen-bond acceptors (Lipinski definition) is 5. The molecule has 2 N–H and O–H groups in total. The van der Waals surface area contributed by atoms with Gasteiger partial charge in [0.15, 0.2) is 0 Å². The Kier molecular flexibility index (Phi) is 4.15. The fraction of sp³-hybridized carbons (Fsp3) is 0.200. The lowest BCUT2D eigenvalue weighted by Crippen LogP contribution is -2.31. The highest BCUT2D eigenvalue weighted by Gasteiger charge is 2.17. The van der Waals surface area contributed by atoms with Crippen LogP contribution in [0.1, 0.15) is 20.8 Å². The van der Waals surface area contributed by atoms with Crippen molar-refractivity contribution in [2.75, 3.05) is 13.7 Å². The number of pyridine rings is 1. The summed E-state index contributed by atoms with van der Waals surface area (Å²) in [5.74, 6) is -2.64. The van der Waals surface area contributed by atoms with Gasteiger partial charge in [-0.05, 0) is 12.1 Å². The van der Waals surface area contributed by atoms with Crippen LogP contribution in [-0.4, -0.2) is 41.6 Å². The molecule has 1 heterocycles. The number of hydrogen-bond donors (Lipinski definition) is 2. The first-order valence-electron chi connectivity index (χ1n) is 4.59. The maximum Gasteiger partial charge on any atom is 0.338 e. The fourth-order valence-corrected chi connectivity index (χ4v) is 1.07. The summed E-state index contributed by atoms with van der Waals surface area (Å²) in [4.78, 5) is 36.8. The molecule has 0 spiro atoms. The lowest BCUT2D eigenvalue weighted by molar-refractivity contribution is -0.139. The second kappa shape index (κ2) is 5.59. The van der Waals surface area contributed by atoms with Gasteiger partial charge in [-0.1, -0.05) is 0 Å². The summed E-state index contributed by atoms with van der Waals surface area (Å²) in [6.07, 6.45) is 1.29. The van der Waals surface area contributed by atoms with E-state index in [9.17, 15) is 14.4 Å². The molecule has 1 aromatic rings. The Morgan fingerprint density at radius 2 is 2.18 bits per heavy atom. The predicted molar refractivity (Wildman–Crippen MR) is 55.5 cm³/mol. The van der Waals surface area contributed by atoms with Crippen molar-refractivity contribution in [2.45, 2.75) is 0 Å². The molecule has 0 unspecified atom stereocenters. The normalized spacial score (nSPS) is 9.47. The van der Waals surface area contributed by atoms with E-state index >= 15 is 0 Å². The smallest absolute Gasteiger partial charge is 0.338 e. The van der Waals surface area contributed by atoms with E-state index in [1.54, 1.807) is 0 Å². The van der Waals surface area contributed by atoms with Crippen LogP contribution < -0.4 is 5.32 Å². The third-order valence-corrected chi connectivity index (χ3v) is 1.87. The molecule has 0 atom stereocenters. The van der Waals surface area contributed by atoms with E-state index in [-0.39, 0.29) is 17.8 Å². The quantitative estimate of drug-likeness (QED) is 0.696. The standard InChI is InChI=1S/C10H10N2O5/c1-17-7(13)5-12-9(14)8-6(10(15)16)3-2-4-11-8/h2-4H,5H2,1H3,(H,12,14)(H,15,16). The van der Waals surface area contributed by atoms with Gasteiger partial charge < -0.3 is 15.2 Å². The molecule has 0 saturated heterocycles. The van der Waals surface area contributed by atoms with Gasteiger partial charge in [0.05, 0.1) is 12.7 Å². The van der Waals surface area contributed by atoms with Crippen LogP contribution in [0.3, 0.4) is 0 Å². The van der Waals surface area contributed by atoms with Gasteiger partial charge in [0, 0.05) is 6.20 Å². The zero-order valence-electron chi connectivity index (χ0n) is 8.97. The number of rotatable bonds is 4. The molecule has 1 aromatic heterocycles. The lowest BCUT2D eigenvalue weighted by Gasteiger charge is -2.05. The summed E-state index contributed by atoms with van der Waals surface area (Å²) in [6.45, 7) is -0.342. The number of aromatic nitrogens is 1. The molecule has 0 aliphatic heterocycles. The molecular formula is C10H10N2O5. The number of ether oxygens (including phenoxy) is 1. The van der Waals surface area contributed by atoms with Crippen molar-refractivity contribution >= 4 is 17.8 Å². The SMILES string of the molecule is COC(=O)CNC(=O)c1ncccc1C(=O)O. The van der Waals surface area contributed by atoms with Gasteiger partial charge in [-0.3, -0.25) is 14.6 Å². The van der Waals surface area contributed by atoms with Crippen molar-refractivity contribution in [3.05, 3.63) is 29.6 Å². The van der Waals surface area contributed by atoms with E-state index in [2.05, 4.69) is 15.0 Å². The minimum absolute atomic E-state index is 0.227. The maximum atomic E-state index is 11.5. The lowest BCUT2D eigenvalue weighted by atomic mass is 10.2. The van der Waals surface area contributed by atoms with Crippen LogP contribution in [0.15, 0.2) is 18.3 Å². The summed E-state index contributed by atoms with van der Waals surface area (Å²) in [6, 6.07) is 2.66. The Bertz CT molecular complexity index is 458. The minimum Gasteiger partial charge on any atom is -0.478 e. The third kappa shape index (κ3) is 3.26. The van der Waals surface area contributed by atoms with Gasteiger partial charge in [0.1, 0.15) is 12.2 Å². The van der Waals surface area contributed by atoms with Crippen molar-refractivity contribution in [1.82, 2.24) is 10.3 Å². The number of aromatic carboxylic acids is 1. The maximum absolute atomic E-state index is 11.5. The number of methoxy groups -OCH3 is 1. The first-order valence-corrected chi connectivity index (χ1v) is 4.59. The molecule has 0 fully saturated rings. The van der Waals surface area contributed by atoms with Crippen molar-refractivity contribution in [1.29, 1.82) is 0 Å². The van der Waals surface area contributed by atoms with Gasteiger partial charge in [0.25, 0.3) is 5.91 Å². The molecule has 0 radical (unpaired) electrons. The summed E-state index contributed by atoms with van der Waals surface area (Å²) < 4.78 is 4.32. The highest BCUT2D eigenvalue weighted by Crippen LogP contribution is 2.04. The van der Waals surface area contributed by atoms with Crippen LogP contribution in [0.25, 0.3) is 0 Å². The fourth-order valence-electron chi connectivity index (χ4n) is 1.07. The van der Waals surface area contributed by atoms with E-state index in [0.29, 0.717) is 0 Å². The number of esters is 1. The highest BCUT2D eigenvalue weighted by atomic mass is 16.5. The highest BCUT2D eigenvalue weighted by molar-refractivity contribution is 6.03. The van der Waals surface area contributed by atoms with E-state index in [4.69, 9.17) is 5.11 Å². The van der Waals surface area contributed by atoms with E-state index in [0.717, 1.165) is 0 Å². The molecule has 1 rings (SSSR count). The van der Waals surface area contributed by atoms with Crippen molar-refractivity contribution in [3.8, 4) is 0 Å². The molecule has 17 heavy (non-hydrogen) atoms. The minimum atomic E-state index is -1.26. The summed E-state index contributed by atoms with van der Waals surface area (Å²) in [5, 5.41) is 11.0. The topological polar surface area (TPSA) is 106 Å². The Balaban J connectivity index is 2.82. The predicted octanol–water partition coefficient (Wildman–Crippen LogP) is -0.317. The van der Waals surface area contributed by atoms with Crippen LogP contribution in [0.4, 0.5) is 0 Å². The van der Waals surface area contributed by atoms with E-state index in [1.807, 2.05) is 0 Å². The third-order valence-electron chi connectivity index (χ3n) is 1.87. The molecule has 0 bridgehead atoms. The molecule has 0 aliphatic rings. The number of carbonyl (C=O) groups is 3. The number of carbonyl (C=O) groups excluding carboxylic acids is 2. The van der Waals surface area contributed by atoms with Gasteiger partial charge in [0.2, 0.25) is 0 Å². The molecule has 7 heteroatoms. The van der Waals surface area contributed by atoms with Crippen molar-refractivity contribution in [2.24, 2.45) is 0 Å². The van der Waals surface area contributed by atoms with Gasteiger partial charge >= 0.3 is 11.9 Å². The average molecular weight is 238 g/mol. The molecule has 0 aromatic carbocycles. The zero-order chi connectivity index (χ0) is 12.8. The van der Waals surface area contributed by atoms with E-state index in [1.165, 1.54) is 25.4 Å². The zero-order valence-corrected chi connectivity index (χ0v) is 8.97. The van der Waals surface area contributed by atoms with Gasteiger partial charge in [-0.2, -0.15) is 0 Å². The Hall–Kier alpha value is -2.44. The number of carboxylic acid groups (broad SMARTS) is 1. The average Bonchev–Trinajstić information content (AvgIpc) is 2.35. The van der Waals surface area contributed by atoms with Crippen LogP contribution in [0.2, 0.25) is 0 Å². The monoisotopic (exact) mass is 238 g/mol. The van der Waals surface area contributed by atoms with Crippen LogP contribution in [0, 0.1) is 0 Å². The summed E-state index contributed by atoms with van der Waals surface area (Å²) >= 11 is 0. The summed E-state index contributed by atoms with van der Waals surface area (Å²) in [5.41, 5.74) is -0.473. The largest absolute Gasteiger partial charge is 0.478 e. The second-order valence-electron chi connectivity index (χ2n) is 2.96. The molecule has 90 valence electrons. The number of nitrogens with zero attached hydrogens (tertiary/aromatic N) is 1. The summed E-state index contributed by atoms with van der Waals surface area (Å²) in [7, 11) is 1.18. The van der Waals surface area contributed by atoms with Gasteiger partial charge in [-0.15, -0.1) is 0 Å². The second-order valence-corrected chi connectivity index (χ2v) is 2.96. The Morgan fingerprint density at radius 3 is 2.76 bits per heavy atom. The first kappa shape index (κ1) is 12.6. The number of carboxylic acids is 1. The first-order chi connectivity index (χ1) is 8.06. The number of nitrogens with one attached hydrogen (secondary N) is 1. The Labute approximate surface area is 96.4 Å². The molecule has 0 aliphatic carbocycles. The van der Waals surface area contributed by atoms with Gasteiger partial charge in [-0.25, -0.2) is 4.79 Å². The van der Waals surface area contributed by atoms with Crippen LogP contribution in [0.5, 0.6) is 0 Å². The molecule has 7 nitrogen and oxygen atoms in total. The van der Waals surface area contributed by atoms with Crippen LogP contribution in [-0.2, 0) is 9.53 Å². The number of amides is 1. The van der Waals surface area contributed by atoms with E-state index < -0.39 is 17.8 Å². The molecule has 0 saturated carbocycles. The molecular weight excluding hydrogens is 228 g/mol. The van der Waals surface area contributed by atoms with Crippen LogP contribution >= 0.6 is 0 Å². The van der Waals surface area contributed by atoms with Crippen molar-refractivity contribution < 1.29 is 24.2 Å². The molecule has 1 amide bonds. The Morgan fingerprint density at radius 1 is 1.47 bits per heavy atom. The van der Waals surface area contributed by atoms with Crippen molar-refractivity contribution in [3.63, 3.8) is 0 Å².